The normalized spacial score (nSPS) is 24.5. The van der Waals surface area contributed by atoms with E-state index in [-0.39, 0.29) is 17.5 Å². The quantitative estimate of drug-likeness (QED) is 0.683. The smallest absolute Gasteiger partial charge is 0.182 e. The van der Waals surface area contributed by atoms with Crippen LogP contribution in [0.2, 0.25) is 0 Å². The molecule has 2 aromatic carbocycles. The number of hydrogen-bond acceptors (Lipinski definition) is 4. The molecule has 0 amide bonds. The first kappa shape index (κ1) is 20.0. The van der Waals surface area contributed by atoms with E-state index in [1.165, 1.54) is 5.56 Å². The van der Waals surface area contributed by atoms with E-state index in [0.29, 0.717) is 11.5 Å². The zero-order valence-electron chi connectivity index (χ0n) is 15.6. The molecule has 3 rings (SSSR count). The van der Waals surface area contributed by atoms with Crippen molar-refractivity contribution in [3.63, 3.8) is 0 Å². The molecule has 2 aromatic rings. The fourth-order valence-corrected chi connectivity index (χ4v) is 6.65. The topological polar surface area (TPSA) is 69.4 Å². The Balaban J connectivity index is 2.08. The number of ether oxygens (including phenoxy) is 1. The Morgan fingerprint density at radius 2 is 1.74 bits per heavy atom. The van der Waals surface area contributed by atoms with Crippen molar-refractivity contribution in [1.29, 1.82) is 0 Å². The van der Waals surface area contributed by atoms with Crippen LogP contribution in [-0.4, -0.2) is 31.9 Å². The van der Waals surface area contributed by atoms with Gasteiger partial charge in [-0.15, -0.1) is 0 Å². The highest BCUT2D eigenvalue weighted by Gasteiger charge is 2.73. The molecule has 1 aliphatic rings. The van der Waals surface area contributed by atoms with Gasteiger partial charge >= 0.3 is 0 Å². The van der Waals surface area contributed by atoms with E-state index in [1.807, 2.05) is 31.2 Å². The fourth-order valence-electron chi connectivity index (χ4n) is 3.86. The van der Waals surface area contributed by atoms with Crippen molar-refractivity contribution in [2.24, 2.45) is 11.1 Å². The monoisotopic (exact) mass is 403 g/mol. The van der Waals surface area contributed by atoms with E-state index in [1.54, 1.807) is 30.3 Å². The molecule has 3 atom stereocenters. The van der Waals surface area contributed by atoms with Gasteiger partial charge in [-0.3, -0.25) is 0 Å². The van der Waals surface area contributed by atoms with Crippen molar-refractivity contribution in [2.45, 2.75) is 36.3 Å². The summed E-state index contributed by atoms with van der Waals surface area (Å²) in [4.78, 5) is 0.491. The SMILES string of the molecule is CCOC[C@@]1(C(N)=S)[C@@H](c2ccc(CC)cc2)[C@@H]1S(=O)(=O)c1ccccc1. The molecule has 6 heteroatoms. The molecular formula is C21H25NO3S2. The number of sulfone groups is 1. The third kappa shape index (κ3) is 3.42. The lowest BCUT2D eigenvalue weighted by Crippen LogP contribution is -2.33. The van der Waals surface area contributed by atoms with Crippen molar-refractivity contribution in [3.8, 4) is 0 Å². The molecule has 0 spiro atoms. The number of nitrogens with two attached hydrogens (primary N) is 1. The Kier molecular flexibility index (Phi) is 5.70. The minimum Gasteiger partial charge on any atom is -0.393 e. The van der Waals surface area contributed by atoms with Crippen molar-refractivity contribution >= 4 is 27.0 Å². The molecule has 0 aromatic heterocycles. The van der Waals surface area contributed by atoms with Crippen LogP contribution in [0.3, 0.4) is 0 Å². The van der Waals surface area contributed by atoms with Crippen LogP contribution in [0.15, 0.2) is 59.5 Å². The fraction of sp³-hybridized carbons (Fsp3) is 0.381. The van der Waals surface area contributed by atoms with Crippen molar-refractivity contribution < 1.29 is 13.2 Å². The highest BCUT2D eigenvalue weighted by Crippen LogP contribution is 2.64. The molecule has 27 heavy (non-hydrogen) atoms. The van der Waals surface area contributed by atoms with Crippen LogP contribution in [0.5, 0.6) is 0 Å². The predicted molar refractivity (Wildman–Crippen MR) is 112 cm³/mol. The lowest BCUT2D eigenvalue weighted by molar-refractivity contribution is 0.121. The lowest BCUT2D eigenvalue weighted by Gasteiger charge is -2.17. The average molecular weight is 404 g/mol. The second kappa shape index (κ2) is 7.70. The van der Waals surface area contributed by atoms with Gasteiger partial charge < -0.3 is 10.5 Å². The highest BCUT2D eigenvalue weighted by atomic mass is 32.2. The van der Waals surface area contributed by atoms with Crippen LogP contribution < -0.4 is 5.73 Å². The van der Waals surface area contributed by atoms with E-state index in [2.05, 4.69) is 6.92 Å². The molecule has 0 heterocycles. The number of benzene rings is 2. The van der Waals surface area contributed by atoms with Gasteiger partial charge in [-0.25, -0.2) is 8.42 Å². The van der Waals surface area contributed by atoms with Gasteiger partial charge in [0.2, 0.25) is 0 Å². The third-order valence-electron chi connectivity index (χ3n) is 5.41. The molecule has 0 aliphatic heterocycles. The van der Waals surface area contributed by atoms with Gasteiger partial charge in [-0.05, 0) is 36.6 Å². The molecule has 0 radical (unpaired) electrons. The minimum absolute atomic E-state index is 0.199. The Labute approximate surface area is 166 Å². The molecule has 1 aliphatic carbocycles. The summed E-state index contributed by atoms with van der Waals surface area (Å²) in [7, 11) is -3.61. The van der Waals surface area contributed by atoms with Gasteiger partial charge in [0, 0.05) is 12.5 Å². The third-order valence-corrected chi connectivity index (χ3v) is 8.08. The van der Waals surface area contributed by atoms with Gasteiger partial charge in [-0.2, -0.15) is 0 Å². The van der Waals surface area contributed by atoms with Crippen molar-refractivity contribution in [3.05, 3.63) is 65.7 Å². The first-order chi connectivity index (χ1) is 12.9. The summed E-state index contributed by atoms with van der Waals surface area (Å²) in [6.45, 7) is 4.64. The molecular weight excluding hydrogens is 378 g/mol. The summed E-state index contributed by atoms with van der Waals surface area (Å²) in [5.41, 5.74) is 7.36. The molecule has 4 nitrogen and oxygen atoms in total. The molecule has 144 valence electrons. The zero-order chi connectivity index (χ0) is 19.7. The molecule has 0 bridgehead atoms. The molecule has 0 saturated heterocycles. The minimum atomic E-state index is -3.61. The zero-order valence-corrected chi connectivity index (χ0v) is 17.2. The van der Waals surface area contributed by atoms with Gasteiger partial charge in [0.15, 0.2) is 9.84 Å². The predicted octanol–water partition coefficient (Wildman–Crippen LogP) is 3.50. The van der Waals surface area contributed by atoms with E-state index in [4.69, 9.17) is 22.7 Å². The summed E-state index contributed by atoms with van der Waals surface area (Å²) in [6.07, 6.45) is 0.927. The maximum Gasteiger partial charge on any atom is 0.182 e. The Morgan fingerprint density at radius 3 is 2.26 bits per heavy atom. The molecule has 0 unspecified atom stereocenters. The second-order valence-corrected chi connectivity index (χ2v) is 9.40. The van der Waals surface area contributed by atoms with Gasteiger partial charge in [0.05, 0.1) is 27.2 Å². The lowest BCUT2D eigenvalue weighted by atomic mass is 9.98. The number of aryl methyl sites for hydroxylation is 1. The van der Waals surface area contributed by atoms with Gasteiger partial charge in [-0.1, -0.05) is 61.6 Å². The van der Waals surface area contributed by atoms with Crippen LogP contribution in [0.25, 0.3) is 0 Å². The number of hydrogen-bond donors (Lipinski definition) is 1. The van der Waals surface area contributed by atoms with E-state index >= 15 is 0 Å². The standard InChI is InChI=1S/C21H25NO3S2/c1-3-15-10-12-16(13-11-15)18-19(21(18,20(22)26)14-25-4-2)27(23,24)17-8-6-5-7-9-17/h5-13,18-19H,3-4,14H2,1-2H3,(H2,22,26)/t18-,19-,21+/m0/s1. The summed E-state index contributed by atoms with van der Waals surface area (Å²) >= 11 is 5.36. The van der Waals surface area contributed by atoms with Crippen molar-refractivity contribution in [1.82, 2.24) is 0 Å². The van der Waals surface area contributed by atoms with E-state index in [0.717, 1.165) is 12.0 Å². The van der Waals surface area contributed by atoms with Crippen molar-refractivity contribution in [2.75, 3.05) is 13.2 Å². The number of thiocarbonyl (C=S) groups is 1. The molecule has 1 saturated carbocycles. The molecule has 2 N–H and O–H groups in total. The van der Waals surface area contributed by atoms with Crippen LogP contribution >= 0.6 is 12.2 Å². The van der Waals surface area contributed by atoms with E-state index in [9.17, 15) is 8.42 Å². The van der Waals surface area contributed by atoms with Gasteiger partial charge in [0.25, 0.3) is 0 Å². The average Bonchev–Trinajstić information content (AvgIpc) is 3.38. The van der Waals surface area contributed by atoms with E-state index < -0.39 is 20.5 Å². The maximum atomic E-state index is 13.4. The first-order valence-electron chi connectivity index (χ1n) is 9.15. The second-order valence-electron chi connectivity index (χ2n) is 6.89. The van der Waals surface area contributed by atoms with Crippen LogP contribution in [-0.2, 0) is 21.0 Å². The summed E-state index contributed by atoms with van der Waals surface area (Å²) in [5, 5.41) is -0.719. The van der Waals surface area contributed by atoms with Gasteiger partial charge in [0.1, 0.15) is 0 Å². The Morgan fingerprint density at radius 1 is 1.11 bits per heavy atom. The summed E-state index contributed by atoms with van der Waals surface area (Å²) in [6, 6.07) is 16.5. The van der Waals surface area contributed by atoms with Crippen LogP contribution in [0.1, 0.15) is 30.9 Å². The summed E-state index contributed by atoms with van der Waals surface area (Å²) < 4.78 is 32.5. The summed E-state index contributed by atoms with van der Waals surface area (Å²) in [5.74, 6) is -0.308. The Bertz CT molecular complexity index is 910. The highest BCUT2D eigenvalue weighted by molar-refractivity contribution is 7.92. The maximum absolute atomic E-state index is 13.4. The van der Waals surface area contributed by atoms with Crippen LogP contribution in [0.4, 0.5) is 0 Å². The first-order valence-corrected chi connectivity index (χ1v) is 11.1. The molecule has 1 fully saturated rings. The number of rotatable bonds is 8. The largest absolute Gasteiger partial charge is 0.393 e. The Hall–Kier alpha value is -1.76. The van der Waals surface area contributed by atoms with Crippen LogP contribution in [0, 0.1) is 5.41 Å².